The highest BCUT2D eigenvalue weighted by molar-refractivity contribution is 6.31. The van der Waals surface area contributed by atoms with Gasteiger partial charge in [-0.25, -0.2) is 0 Å². The lowest BCUT2D eigenvalue weighted by atomic mass is 9.88. The number of pyridine rings is 1. The van der Waals surface area contributed by atoms with Gasteiger partial charge in [-0.15, -0.1) is 0 Å². The minimum Gasteiger partial charge on any atom is -0.351 e. The zero-order valence-corrected chi connectivity index (χ0v) is 9.81. The maximum atomic E-state index is 12.5. The van der Waals surface area contributed by atoms with Crippen LogP contribution in [-0.4, -0.2) is 21.5 Å². The number of carbonyl (C=O) groups excluding carboxylic acids is 2. The normalized spacial score (nSPS) is 13.5. The molecule has 90 valence electrons. The van der Waals surface area contributed by atoms with E-state index in [1.54, 1.807) is 6.07 Å². The fraction of sp³-hybridized carbons (Fsp3) is 0. The summed E-state index contributed by atoms with van der Waals surface area (Å²) in [7, 11) is 0. The molecular formula is C15H8N2O2. The van der Waals surface area contributed by atoms with Gasteiger partial charge in [-0.2, -0.15) is 0 Å². The number of fused-ring (bicyclic) bond motifs is 4. The van der Waals surface area contributed by atoms with Crippen LogP contribution in [0.25, 0.3) is 10.9 Å². The first-order valence-corrected chi connectivity index (χ1v) is 5.91. The van der Waals surface area contributed by atoms with Gasteiger partial charge in [0.2, 0.25) is 5.78 Å². The molecule has 0 amide bonds. The van der Waals surface area contributed by atoms with Crippen LogP contribution >= 0.6 is 0 Å². The van der Waals surface area contributed by atoms with Crippen LogP contribution in [0.1, 0.15) is 32.0 Å². The lowest BCUT2D eigenvalue weighted by Crippen LogP contribution is -2.20. The molecule has 4 heteroatoms. The number of benzene rings is 1. The maximum absolute atomic E-state index is 12.5. The topological polar surface area (TPSA) is 62.8 Å². The van der Waals surface area contributed by atoms with Crippen molar-refractivity contribution in [2.24, 2.45) is 0 Å². The highest BCUT2D eigenvalue weighted by Crippen LogP contribution is 2.31. The number of rotatable bonds is 0. The van der Waals surface area contributed by atoms with E-state index < -0.39 is 0 Å². The molecule has 1 aliphatic carbocycles. The molecule has 0 aliphatic heterocycles. The van der Waals surface area contributed by atoms with Crippen molar-refractivity contribution in [3.63, 3.8) is 0 Å². The summed E-state index contributed by atoms with van der Waals surface area (Å²) in [6.07, 6.45) is 2.98. The average molecular weight is 248 g/mol. The minimum atomic E-state index is -0.172. The van der Waals surface area contributed by atoms with Gasteiger partial charge < -0.3 is 4.98 Å². The highest BCUT2D eigenvalue weighted by atomic mass is 16.1. The third-order valence-corrected chi connectivity index (χ3v) is 3.47. The molecule has 0 unspecified atom stereocenters. The molecule has 1 aromatic carbocycles. The summed E-state index contributed by atoms with van der Waals surface area (Å²) in [5.41, 5.74) is 2.43. The number of aromatic nitrogens is 2. The molecule has 2 aromatic heterocycles. The first-order valence-electron chi connectivity index (χ1n) is 5.91. The van der Waals surface area contributed by atoms with Gasteiger partial charge in [0, 0.05) is 28.9 Å². The molecule has 0 radical (unpaired) electrons. The van der Waals surface area contributed by atoms with Crippen LogP contribution in [0.2, 0.25) is 0 Å². The predicted octanol–water partition coefficient (Wildman–Crippen LogP) is 2.34. The van der Waals surface area contributed by atoms with E-state index in [9.17, 15) is 9.59 Å². The highest BCUT2D eigenvalue weighted by Gasteiger charge is 2.32. The lowest BCUT2D eigenvalue weighted by molar-refractivity contribution is 0.0977. The van der Waals surface area contributed by atoms with Crippen molar-refractivity contribution >= 4 is 22.5 Å². The molecule has 19 heavy (non-hydrogen) atoms. The summed E-state index contributed by atoms with van der Waals surface area (Å²) < 4.78 is 0. The smallest absolute Gasteiger partial charge is 0.212 e. The van der Waals surface area contributed by atoms with Crippen molar-refractivity contribution in [3.05, 3.63) is 65.1 Å². The molecule has 1 N–H and O–H groups in total. The number of nitrogens with one attached hydrogen (secondary N) is 1. The molecule has 0 fully saturated rings. The molecule has 3 aromatic rings. The maximum Gasteiger partial charge on any atom is 0.212 e. The summed E-state index contributed by atoms with van der Waals surface area (Å²) in [5.74, 6) is -0.293. The SMILES string of the molecule is O=C1c2cnccc2C(=O)c2c1[nH]c1ccccc21. The average Bonchev–Trinajstić information content (AvgIpc) is 2.84. The number of carbonyl (C=O) groups is 2. The van der Waals surface area contributed by atoms with E-state index in [-0.39, 0.29) is 11.6 Å². The van der Waals surface area contributed by atoms with Crippen molar-refractivity contribution in [3.8, 4) is 0 Å². The van der Waals surface area contributed by atoms with Crippen LogP contribution in [-0.2, 0) is 0 Å². The van der Waals surface area contributed by atoms with Gasteiger partial charge in [0.1, 0.15) is 0 Å². The Kier molecular flexibility index (Phi) is 1.82. The number of para-hydroxylation sites is 1. The lowest BCUT2D eigenvalue weighted by Gasteiger charge is -2.13. The first-order chi connectivity index (χ1) is 9.27. The van der Waals surface area contributed by atoms with E-state index >= 15 is 0 Å². The Hall–Kier alpha value is -2.75. The van der Waals surface area contributed by atoms with Gasteiger partial charge in [0.15, 0.2) is 5.78 Å². The number of hydrogen-bond donors (Lipinski definition) is 1. The van der Waals surface area contributed by atoms with Crippen molar-refractivity contribution in [1.82, 2.24) is 9.97 Å². The monoisotopic (exact) mass is 248 g/mol. The van der Waals surface area contributed by atoms with E-state index in [0.717, 1.165) is 10.9 Å². The Balaban J connectivity index is 2.14. The molecule has 4 nitrogen and oxygen atoms in total. The Morgan fingerprint density at radius 1 is 0.947 bits per heavy atom. The Morgan fingerprint density at radius 2 is 1.79 bits per heavy atom. The third kappa shape index (κ3) is 1.20. The molecule has 0 atom stereocenters. The number of H-pyrrole nitrogens is 1. The number of ketones is 2. The van der Waals surface area contributed by atoms with E-state index in [2.05, 4.69) is 9.97 Å². The molecular weight excluding hydrogens is 240 g/mol. The van der Waals surface area contributed by atoms with Crippen molar-refractivity contribution in [2.75, 3.05) is 0 Å². The Morgan fingerprint density at radius 3 is 2.68 bits per heavy atom. The van der Waals surface area contributed by atoms with Gasteiger partial charge in [0.25, 0.3) is 0 Å². The molecule has 0 bridgehead atoms. The summed E-state index contributed by atoms with van der Waals surface area (Å²) in [6, 6.07) is 9.03. The van der Waals surface area contributed by atoms with Crippen molar-refractivity contribution in [1.29, 1.82) is 0 Å². The van der Waals surface area contributed by atoms with Crippen LogP contribution < -0.4 is 0 Å². The standard InChI is InChI=1S/C15H8N2O2/c18-14-8-5-6-16-7-10(8)15(19)13-12(14)9-3-1-2-4-11(9)17-13/h1-7,17H. The second kappa shape index (κ2) is 3.38. The summed E-state index contributed by atoms with van der Waals surface area (Å²) in [6.45, 7) is 0. The zero-order valence-electron chi connectivity index (χ0n) is 9.81. The van der Waals surface area contributed by atoms with Gasteiger partial charge in [-0.3, -0.25) is 14.6 Å². The van der Waals surface area contributed by atoms with Crippen LogP contribution in [0.5, 0.6) is 0 Å². The van der Waals surface area contributed by atoms with Gasteiger partial charge in [0.05, 0.1) is 16.8 Å². The molecule has 0 saturated carbocycles. The third-order valence-electron chi connectivity index (χ3n) is 3.47. The fourth-order valence-electron chi connectivity index (χ4n) is 2.59. The predicted molar refractivity (Wildman–Crippen MR) is 69.4 cm³/mol. The van der Waals surface area contributed by atoms with Crippen molar-refractivity contribution in [2.45, 2.75) is 0 Å². The number of aromatic amines is 1. The molecule has 2 heterocycles. The summed E-state index contributed by atoms with van der Waals surface area (Å²) in [5, 5.41) is 0.790. The first kappa shape index (κ1) is 10.2. The largest absolute Gasteiger partial charge is 0.351 e. The van der Waals surface area contributed by atoms with Crippen LogP contribution in [0, 0.1) is 0 Å². The van der Waals surface area contributed by atoms with E-state index in [4.69, 9.17) is 0 Å². The molecule has 0 saturated heterocycles. The van der Waals surface area contributed by atoms with Gasteiger partial charge >= 0.3 is 0 Å². The Labute approximate surface area is 108 Å². The van der Waals surface area contributed by atoms with E-state index in [1.807, 2.05) is 24.3 Å². The molecule has 0 spiro atoms. The molecule has 1 aliphatic rings. The van der Waals surface area contributed by atoms with E-state index in [1.165, 1.54) is 12.4 Å². The second-order valence-corrected chi connectivity index (χ2v) is 4.50. The number of hydrogen-bond acceptors (Lipinski definition) is 3. The fourth-order valence-corrected chi connectivity index (χ4v) is 2.59. The van der Waals surface area contributed by atoms with Crippen LogP contribution in [0.4, 0.5) is 0 Å². The van der Waals surface area contributed by atoms with Crippen molar-refractivity contribution < 1.29 is 9.59 Å². The molecule has 4 rings (SSSR count). The number of nitrogens with zero attached hydrogens (tertiary/aromatic N) is 1. The second-order valence-electron chi connectivity index (χ2n) is 4.50. The van der Waals surface area contributed by atoms with Gasteiger partial charge in [-0.05, 0) is 12.1 Å². The minimum absolute atomic E-state index is 0.121. The van der Waals surface area contributed by atoms with E-state index in [0.29, 0.717) is 22.4 Å². The summed E-state index contributed by atoms with van der Waals surface area (Å²) in [4.78, 5) is 31.9. The van der Waals surface area contributed by atoms with Crippen LogP contribution in [0.3, 0.4) is 0 Å². The van der Waals surface area contributed by atoms with Gasteiger partial charge in [-0.1, -0.05) is 18.2 Å². The Bertz CT molecular complexity index is 861. The van der Waals surface area contributed by atoms with Crippen LogP contribution in [0.15, 0.2) is 42.7 Å². The summed E-state index contributed by atoms with van der Waals surface area (Å²) >= 11 is 0. The zero-order chi connectivity index (χ0) is 13.0. The quantitative estimate of drug-likeness (QED) is 0.519.